The second-order valence-corrected chi connectivity index (χ2v) is 9.31. The van der Waals surface area contributed by atoms with E-state index in [4.69, 9.17) is 14.1 Å². The number of benzene rings is 2. The van der Waals surface area contributed by atoms with Crippen molar-refractivity contribution in [1.82, 2.24) is 14.9 Å². The second-order valence-electron chi connectivity index (χ2n) is 8.33. The first-order chi connectivity index (χ1) is 16.4. The molecule has 0 aliphatic carbocycles. The molecule has 0 aliphatic rings. The number of carbonyl (C=O) groups excluding carboxylic acids is 1. The second kappa shape index (κ2) is 10.3. The SMILES string of the molecule is COc1cc2oc(=O)cc(C)c2cc1CCC(=O)N[C@@H](CCSC)c1nc2ccccc2n1C. The number of aryl methyl sites for hydroxylation is 3. The van der Waals surface area contributed by atoms with Crippen LogP contribution >= 0.6 is 11.8 Å². The number of aromatic nitrogens is 2. The Balaban J connectivity index is 1.53. The van der Waals surface area contributed by atoms with Crippen molar-refractivity contribution < 1.29 is 13.9 Å². The van der Waals surface area contributed by atoms with Crippen LogP contribution < -0.4 is 15.7 Å². The summed E-state index contributed by atoms with van der Waals surface area (Å²) < 4.78 is 12.9. The molecule has 34 heavy (non-hydrogen) atoms. The third-order valence-corrected chi connectivity index (χ3v) is 6.70. The van der Waals surface area contributed by atoms with Gasteiger partial charge in [-0.25, -0.2) is 9.78 Å². The van der Waals surface area contributed by atoms with Crippen LogP contribution in [-0.4, -0.2) is 34.6 Å². The molecular weight excluding hydrogens is 450 g/mol. The first-order valence-electron chi connectivity index (χ1n) is 11.2. The fraction of sp³-hybridized carbons (Fsp3) is 0.346. The van der Waals surface area contributed by atoms with Gasteiger partial charge >= 0.3 is 5.63 Å². The Kier molecular flexibility index (Phi) is 7.26. The maximum absolute atomic E-state index is 13.0. The predicted molar refractivity (Wildman–Crippen MR) is 137 cm³/mol. The van der Waals surface area contributed by atoms with E-state index in [1.165, 1.54) is 6.07 Å². The number of hydrogen-bond donors (Lipinski definition) is 1. The minimum atomic E-state index is -0.391. The van der Waals surface area contributed by atoms with Crippen molar-refractivity contribution in [2.24, 2.45) is 7.05 Å². The largest absolute Gasteiger partial charge is 0.496 e. The number of para-hydroxylation sites is 2. The lowest BCUT2D eigenvalue weighted by atomic mass is 10.0. The summed E-state index contributed by atoms with van der Waals surface area (Å²) in [4.78, 5) is 29.5. The number of methoxy groups -OCH3 is 1. The Bertz CT molecular complexity index is 1390. The lowest BCUT2D eigenvalue weighted by Crippen LogP contribution is -2.31. The van der Waals surface area contributed by atoms with Gasteiger partial charge < -0.3 is 19.0 Å². The normalized spacial score (nSPS) is 12.2. The maximum Gasteiger partial charge on any atom is 0.336 e. The number of nitrogens with one attached hydrogen (secondary N) is 1. The van der Waals surface area contributed by atoms with Gasteiger partial charge in [0.05, 0.1) is 24.2 Å². The summed E-state index contributed by atoms with van der Waals surface area (Å²) in [6.45, 7) is 1.87. The highest BCUT2D eigenvalue weighted by Gasteiger charge is 2.21. The highest BCUT2D eigenvalue weighted by atomic mass is 32.2. The molecule has 0 aliphatic heterocycles. The van der Waals surface area contributed by atoms with Gasteiger partial charge in [-0.3, -0.25) is 4.79 Å². The van der Waals surface area contributed by atoms with E-state index in [0.29, 0.717) is 24.2 Å². The van der Waals surface area contributed by atoms with Gasteiger partial charge in [-0.1, -0.05) is 12.1 Å². The van der Waals surface area contributed by atoms with Crippen LogP contribution in [0.25, 0.3) is 22.0 Å². The fourth-order valence-electron chi connectivity index (χ4n) is 4.27. The monoisotopic (exact) mass is 479 g/mol. The zero-order chi connectivity index (χ0) is 24.2. The molecule has 2 heterocycles. The van der Waals surface area contributed by atoms with Crippen molar-refractivity contribution in [3.63, 3.8) is 0 Å². The van der Waals surface area contributed by atoms with E-state index < -0.39 is 5.63 Å². The van der Waals surface area contributed by atoms with E-state index >= 15 is 0 Å². The molecule has 8 heteroatoms. The minimum absolute atomic E-state index is 0.0448. The molecule has 1 N–H and O–H groups in total. The Morgan fingerprint density at radius 3 is 2.79 bits per heavy atom. The number of fused-ring (bicyclic) bond motifs is 2. The molecule has 2 aromatic heterocycles. The minimum Gasteiger partial charge on any atom is -0.496 e. The van der Waals surface area contributed by atoms with Crippen molar-refractivity contribution >= 4 is 39.7 Å². The number of rotatable bonds is 9. The number of hydrogen-bond acceptors (Lipinski definition) is 6. The molecule has 7 nitrogen and oxygen atoms in total. The van der Waals surface area contributed by atoms with Crippen LogP contribution in [-0.2, 0) is 18.3 Å². The number of nitrogens with zero attached hydrogens (tertiary/aromatic N) is 2. The summed E-state index contributed by atoms with van der Waals surface area (Å²) in [5.41, 5.74) is 3.78. The molecule has 2 aromatic carbocycles. The zero-order valence-electron chi connectivity index (χ0n) is 19.9. The maximum atomic E-state index is 13.0. The first kappa shape index (κ1) is 23.9. The first-order valence-corrected chi connectivity index (χ1v) is 12.6. The fourth-order valence-corrected chi connectivity index (χ4v) is 4.74. The number of thioether (sulfide) groups is 1. The summed E-state index contributed by atoms with van der Waals surface area (Å²) in [7, 11) is 3.56. The van der Waals surface area contributed by atoms with Gasteiger partial charge in [-0.15, -0.1) is 0 Å². The van der Waals surface area contributed by atoms with Gasteiger partial charge in [-0.2, -0.15) is 11.8 Å². The Labute approximate surface area is 202 Å². The lowest BCUT2D eigenvalue weighted by Gasteiger charge is -2.19. The van der Waals surface area contributed by atoms with E-state index in [9.17, 15) is 9.59 Å². The summed E-state index contributed by atoms with van der Waals surface area (Å²) in [6, 6.07) is 12.9. The molecule has 0 saturated heterocycles. The third-order valence-electron chi connectivity index (χ3n) is 6.05. The molecule has 4 rings (SSSR count). The van der Waals surface area contributed by atoms with Gasteiger partial charge in [0.25, 0.3) is 0 Å². The van der Waals surface area contributed by atoms with E-state index in [2.05, 4.69) is 16.1 Å². The summed E-state index contributed by atoms with van der Waals surface area (Å²) >= 11 is 1.75. The summed E-state index contributed by atoms with van der Waals surface area (Å²) in [5, 5.41) is 4.04. The van der Waals surface area contributed by atoms with Crippen LogP contribution in [0.5, 0.6) is 5.75 Å². The van der Waals surface area contributed by atoms with E-state index in [-0.39, 0.29) is 11.9 Å². The number of carbonyl (C=O) groups is 1. The molecule has 1 atom stereocenters. The van der Waals surface area contributed by atoms with Crippen LogP contribution in [0, 0.1) is 6.92 Å². The molecule has 4 aromatic rings. The summed E-state index contributed by atoms with van der Waals surface area (Å²) in [6.07, 6.45) is 3.66. The molecular formula is C26H29N3O4S. The smallest absolute Gasteiger partial charge is 0.336 e. The number of imidazole rings is 1. The Hall–Kier alpha value is -3.26. The highest BCUT2D eigenvalue weighted by Crippen LogP contribution is 2.28. The van der Waals surface area contributed by atoms with Crippen molar-refractivity contribution in [2.75, 3.05) is 19.1 Å². The molecule has 178 valence electrons. The molecule has 1 amide bonds. The summed E-state index contributed by atoms with van der Waals surface area (Å²) in [5.74, 6) is 2.33. The molecule has 0 unspecified atom stereocenters. The average molecular weight is 480 g/mol. The van der Waals surface area contributed by atoms with Crippen molar-refractivity contribution in [1.29, 1.82) is 0 Å². The van der Waals surface area contributed by atoms with E-state index in [1.807, 2.05) is 44.3 Å². The average Bonchev–Trinajstić information content (AvgIpc) is 3.16. The zero-order valence-corrected chi connectivity index (χ0v) is 20.7. The molecule has 0 bridgehead atoms. The Morgan fingerprint density at radius 2 is 2.06 bits per heavy atom. The van der Waals surface area contributed by atoms with E-state index in [1.54, 1.807) is 24.9 Å². The number of amides is 1. The molecule has 0 saturated carbocycles. The highest BCUT2D eigenvalue weighted by molar-refractivity contribution is 7.98. The van der Waals surface area contributed by atoms with Crippen molar-refractivity contribution in [2.45, 2.75) is 32.2 Å². The van der Waals surface area contributed by atoms with E-state index in [0.717, 1.165) is 45.5 Å². The third kappa shape index (κ3) is 4.97. The van der Waals surface area contributed by atoms with Crippen LogP contribution in [0.15, 0.2) is 51.7 Å². The topological polar surface area (TPSA) is 86.4 Å². The van der Waals surface area contributed by atoms with Gasteiger partial charge in [0.2, 0.25) is 5.91 Å². The van der Waals surface area contributed by atoms with Gasteiger partial charge in [0, 0.05) is 31.0 Å². The van der Waals surface area contributed by atoms with Crippen LogP contribution in [0.1, 0.15) is 35.8 Å². The van der Waals surface area contributed by atoms with Crippen molar-refractivity contribution in [3.05, 3.63) is 69.8 Å². The standard InChI is InChI=1S/C26H29N3O4S/c1-16-13-25(31)33-23-15-22(32-3)17(14-18(16)23)9-10-24(30)27-20(11-12-34-4)26-28-19-7-5-6-8-21(19)29(26)2/h5-8,13-15,20H,9-12H2,1-4H3,(H,27,30)/t20-/m0/s1. The molecule has 0 spiro atoms. The van der Waals surface area contributed by atoms with Crippen LogP contribution in [0.2, 0.25) is 0 Å². The van der Waals surface area contributed by atoms with Crippen LogP contribution in [0.3, 0.4) is 0 Å². The lowest BCUT2D eigenvalue weighted by molar-refractivity contribution is -0.121. The van der Waals surface area contributed by atoms with Crippen molar-refractivity contribution in [3.8, 4) is 5.75 Å². The van der Waals surface area contributed by atoms with Gasteiger partial charge in [0.15, 0.2) is 0 Å². The molecule has 0 radical (unpaired) electrons. The van der Waals surface area contributed by atoms with Crippen LogP contribution in [0.4, 0.5) is 0 Å². The van der Waals surface area contributed by atoms with Gasteiger partial charge in [0.1, 0.15) is 17.2 Å². The van der Waals surface area contributed by atoms with Gasteiger partial charge in [-0.05, 0) is 61.1 Å². The Morgan fingerprint density at radius 1 is 1.26 bits per heavy atom. The number of ether oxygens (including phenoxy) is 1. The quantitative estimate of drug-likeness (QED) is 0.355. The molecule has 0 fully saturated rings. The predicted octanol–water partition coefficient (Wildman–Crippen LogP) is 4.54.